The standard InChI is InChI=1S/C22H25BrN4O/c1-2-18(14-17-6-3-8-20(23)15-17)22(28)27-11-5-10-26(12-13-27)21-19(16-24)7-4-9-25-21/h3-4,6-9,15,18H,2,5,10-14H2,1H3. The average molecular weight is 441 g/mol. The fraction of sp³-hybridized carbons (Fsp3) is 0.409. The van der Waals surface area contributed by atoms with E-state index in [4.69, 9.17) is 0 Å². The van der Waals surface area contributed by atoms with Gasteiger partial charge in [0, 0.05) is 42.8 Å². The number of anilines is 1. The average Bonchev–Trinajstić information content (AvgIpc) is 2.97. The van der Waals surface area contributed by atoms with Crippen molar-refractivity contribution >= 4 is 27.7 Å². The summed E-state index contributed by atoms with van der Waals surface area (Å²) >= 11 is 3.51. The second-order valence-electron chi connectivity index (χ2n) is 7.09. The number of nitriles is 1. The molecule has 28 heavy (non-hydrogen) atoms. The van der Waals surface area contributed by atoms with E-state index in [-0.39, 0.29) is 11.8 Å². The van der Waals surface area contributed by atoms with E-state index in [0.717, 1.165) is 42.6 Å². The van der Waals surface area contributed by atoms with Crippen molar-refractivity contribution in [3.05, 3.63) is 58.2 Å². The van der Waals surface area contributed by atoms with Gasteiger partial charge in [-0.25, -0.2) is 4.98 Å². The van der Waals surface area contributed by atoms with Gasteiger partial charge in [0.05, 0.1) is 5.56 Å². The van der Waals surface area contributed by atoms with Gasteiger partial charge in [-0.3, -0.25) is 4.79 Å². The molecule has 146 valence electrons. The minimum absolute atomic E-state index is 0.00892. The number of carbonyl (C=O) groups is 1. The lowest BCUT2D eigenvalue weighted by molar-refractivity contribution is -0.135. The molecule has 1 atom stereocenters. The number of halogens is 1. The highest BCUT2D eigenvalue weighted by Gasteiger charge is 2.26. The predicted octanol–water partition coefficient (Wildman–Crippen LogP) is 4.02. The Morgan fingerprint density at radius 2 is 2.11 bits per heavy atom. The molecule has 1 fully saturated rings. The van der Waals surface area contributed by atoms with E-state index in [2.05, 4.69) is 50.9 Å². The molecule has 0 aliphatic carbocycles. The van der Waals surface area contributed by atoms with Crippen LogP contribution in [0.1, 0.15) is 30.9 Å². The lowest BCUT2D eigenvalue weighted by atomic mass is 9.95. The molecule has 1 unspecified atom stereocenters. The van der Waals surface area contributed by atoms with Gasteiger partial charge in [-0.2, -0.15) is 5.26 Å². The molecule has 0 N–H and O–H groups in total. The molecule has 1 saturated heterocycles. The lowest BCUT2D eigenvalue weighted by Gasteiger charge is -2.26. The maximum Gasteiger partial charge on any atom is 0.226 e. The van der Waals surface area contributed by atoms with Gasteiger partial charge in [-0.1, -0.05) is 35.0 Å². The minimum Gasteiger partial charge on any atom is -0.354 e. The number of amides is 1. The summed E-state index contributed by atoms with van der Waals surface area (Å²) in [6.07, 6.45) is 4.17. The van der Waals surface area contributed by atoms with Crippen molar-refractivity contribution in [2.24, 2.45) is 5.92 Å². The Morgan fingerprint density at radius 1 is 1.25 bits per heavy atom. The summed E-state index contributed by atoms with van der Waals surface area (Å²) in [7, 11) is 0. The number of aromatic nitrogens is 1. The van der Waals surface area contributed by atoms with Gasteiger partial charge in [-0.15, -0.1) is 0 Å². The largest absolute Gasteiger partial charge is 0.354 e. The number of hydrogen-bond donors (Lipinski definition) is 0. The second-order valence-corrected chi connectivity index (χ2v) is 8.01. The molecule has 2 aromatic rings. The van der Waals surface area contributed by atoms with Crippen LogP contribution in [0.25, 0.3) is 0 Å². The van der Waals surface area contributed by atoms with Crippen LogP contribution in [0.2, 0.25) is 0 Å². The number of benzene rings is 1. The first-order valence-electron chi connectivity index (χ1n) is 9.75. The molecule has 1 aliphatic heterocycles. The second kappa shape index (κ2) is 9.70. The third-order valence-corrected chi connectivity index (χ3v) is 5.72. The quantitative estimate of drug-likeness (QED) is 0.703. The van der Waals surface area contributed by atoms with Gasteiger partial charge >= 0.3 is 0 Å². The van der Waals surface area contributed by atoms with Crippen molar-refractivity contribution in [1.29, 1.82) is 5.26 Å². The van der Waals surface area contributed by atoms with E-state index in [0.29, 0.717) is 18.7 Å². The lowest BCUT2D eigenvalue weighted by Crippen LogP contribution is -2.39. The first-order chi connectivity index (χ1) is 13.6. The summed E-state index contributed by atoms with van der Waals surface area (Å²) < 4.78 is 1.04. The first kappa shape index (κ1) is 20.3. The first-order valence-corrected chi connectivity index (χ1v) is 10.5. The normalized spacial score (nSPS) is 15.6. The maximum atomic E-state index is 13.2. The van der Waals surface area contributed by atoms with E-state index < -0.39 is 0 Å². The molecule has 0 spiro atoms. The van der Waals surface area contributed by atoms with Crippen LogP contribution < -0.4 is 4.90 Å². The topological polar surface area (TPSA) is 60.2 Å². The van der Waals surface area contributed by atoms with Crippen LogP contribution in [0.3, 0.4) is 0 Å². The van der Waals surface area contributed by atoms with Crippen LogP contribution in [0, 0.1) is 17.2 Å². The fourth-order valence-corrected chi connectivity index (χ4v) is 4.15. The molecule has 3 rings (SSSR count). The van der Waals surface area contributed by atoms with Crippen LogP contribution in [0.4, 0.5) is 5.82 Å². The van der Waals surface area contributed by atoms with Crippen molar-refractivity contribution in [2.45, 2.75) is 26.2 Å². The van der Waals surface area contributed by atoms with E-state index in [1.807, 2.05) is 17.0 Å². The Morgan fingerprint density at radius 3 is 2.86 bits per heavy atom. The zero-order valence-electron chi connectivity index (χ0n) is 16.1. The van der Waals surface area contributed by atoms with Gasteiger partial charge < -0.3 is 9.80 Å². The van der Waals surface area contributed by atoms with Gasteiger partial charge in [0.25, 0.3) is 0 Å². The van der Waals surface area contributed by atoms with Gasteiger partial charge in [0.1, 0.15) is 11.9 Å². The van der Waals surface area contributed by atoms with Crippen LogP contribution in [-0.4, -0.2) is 42.0 Å². The van der Waals surface area contributed by atoms with Crippen LogP contribution in [0.15, 0.2) is 47.1 Å². The minimum atomic E-state index is -0.00892. The number of rotatable bonds is 5. The molecule has 1 aliphatic rings. The van der Waals surface area contributed by atoms with Crippen LogP contribution in [0.5, 0.6) is 0 Å². The zero-order valence-corrected chi connectivity index (χ0v) is 17.7. The fourth-order valence-electron chi connectivity index (χ4n) is 3.70. The molecule has 0 radical (unpaired) electrons. The highest BCUT2D eigenvalue weighted by Crippen LogP contribution is 2.21. The molecule has 0 saturated carbocycles. The molecule has 0 bridgehead atoms. The van der Waals surface area contributed by atoms with Crippen molar-refractivity contribution in [1.82, 2.24) is 9.88 Å². The summed E-state index contributed by atoms with van der Waals surface area (Å²) in [5.41, 5.74) is 1.77. The highest BCUT2D eigenvalue weighted by atomic mass is 79.9. The summed E-state index contributed by atoms with van der Waals surface area (Å²) in [6, 6.07) is 14.0. The summed E-state index contributed by atoms with van der Waals surface area (Å²) in [6.45, 7) is 4.99. The molecular weight excluding hydrogens is 416 g/mol. The van der Waals surface area contributed by atoms with E-state index in [1.54, 1.807) is 18.3 Å². The number of carbonyl (C=O) groups excluding carboxylic acids is 1. The Labute approximate surface area is 175 Å². The smallest absolute Gasteiger partial charge is 0.226 e. The van der Waals surface area contributed by atoms with Gasteiger partial charge in [-0.05, 0) is 49.1 Å². The molecule has 1 aromatic carbocycles. The SMILES string of the molecule is CCC(Cc1cccc(Br)c1)C(=O)N1CCCN(c2ncccc2C#N)CC1. The van der Waals surface area contributed by atoms with Crippen molar-refractivity contribution in [2.75, 3.05) is 31.1 Å². The Bertz CT molecular complexity index is 864. The molecule has 1 aromatic heterocycles. The number of hydrogen-bond acceptors (Lipinski definition) is 4. The molecular formula is C22H25BrN4O. The third-order valence-electron chi connectivity index (χ3n) is 5.23. The van der Waals surface area contributed by atoms with Crippen molar-refractivity contribution in [3.63, 3.8) is 0 Å². The van der Waals surface area contributed by atoms with Gasteiger partial charge in [0.15, 0.2) is 0 Å². The summed E-state index contributed by atoms with van der Waals surface area (Å²) in [5.74, 6) is 0.941. The van der Waals surface area contributed by atoms with Gasteiger partial charge in [0.2, 0.25) is 5.91 Å². The summed E-state index contributed by atoms with van der Waals surface area (Å²) in [5, 5.41) is 9.34. The van der Waals surface area contributed by atoms with Crippen LogP contribution in [-0.2, 0) is 11.2 Å². The Hall–Kier alpha value is -2.39. The maximum absolute atomic E-state index is 13.2. The number of pyridine rings is 1. The molecule has 6 heteroatoms. The monoisotopic (exact) mass is 440 g/mol. The number of nitrogens with zero attached hydrogens (tertiary/aromatic N) is 4. The van der Waals surface area contributed by atoms with Crippen LogP contribution >= 0.6 is 15.9 Å². The van der Waals surface area contributed by atoms with Crippen molar-refractivity contribution in [3.8, 4) is 6.07 Å². The van der Waals surface area contributed by atoms with E-state index >= 15 is 0 Å². The van der Waals surface area contributed by atoms with E-state index in [9.17, 15) is 10.1 Å². The zero-order chi connectivity index (χ0) is 19.9. The predicted molar refractivity (Wildman–Crippen MR) is 114 cm³/mol. The summed E-state index contributed by atoms with van der Waals surface area (Å²) in [4.78, 5) is 21.7. The molecule has 1 amide bonds. The molecule has 2 heterocycles. The molecule has 5 nitrogen and oxygen atoms in total. The Balaban J connectivity index is 1.67. The highest BCUT2D eigenvalue weighted by molar-refractivity contribution is 9.10. The Kier molecular flexibility index (Phi) is 7.05. The van der Waals surface area contributed by atoms with Crippen molar-refractivity contribution < 1.29 is 4.79 Å². The third kappa shape index (κ3) is 4.90. The van der Waals surface area contributed by atoms with E-state index in [1.165, 1.54) is 5.56 Å².